The SMILES string of the molecule is CC[C@H](C)[C@H](NC(=O)[C@@H](N)Cc1ccc(O)c(O)c1)C(=O)OC[C@@H]1O[C@H](n2cc(F)c(=O)[nH]c2=O)C(O)C1O.Cl. The number of nitrogens with one attached hydrogen (secondary N) is 2. The smallest absolute Gasteiger partial charge is 0.330 e. The third kappa shape index (κ3) is 7.37. The lowest BCUT2D eigenvalue weighted by Gasteiger charge is -2.25. The lowest BCUT2D eigenvalue weighted by molar-refractivity contribution is -0.155. The molecule has 7 atom stereocenters. The Hall–Kier alpha value is -3.50. The summed E-state index contributed by atoms with van der Waals surface area (Å²) in [6.07, 6.45) is -5.29. The lowest BCUT2D eigenvalue weighted by atomic mass is 9.98. The number of hydrogen-bond donors (Lipinski definition) is 7. The summed E-state index contributed by atoms with van der Waals surface area (Å²) in [5.74, 6) is -3.99. The number of aromatic nitrogens is 2. The van der Waals surface area contributed by atoms with Gasteiger partial charge < -0.3 is 41.0 Å². The average molecular weight is 591 g/mol. The van der Waals surface area contributed by atoms with Crippen molar-refractivity contribution in [2.24, 2.45) is 11.7 Å². The van der Waals surface area contributed by atoms with Gasteiger partial charge in [-0.3, -0.25) is 19.1 Å². The Kier molecular flexibility index (Phi) is 11.2. The maximum absolute atomic E-state index is 13.7. The molecule has 2 heterocycles. The number of aliphatic hydroxyl groups excluding tert-OH is 2. The highest BCUT2D eigenvalue weighted by Crippen LogP contribution is 2.29. The van der Waals surface area contributed by atoms with Crippen LogP contribution in [0.25, 0.3) is 0 Å². The molecule has 40 heavy (non-hydrogen) atoms. The highest BCUT2D eigenvalue weighted by atomic mass is 35.5. The molecule has 0 bridgehead atoms. The topological polar surface area (TPSA) is 226 Å². The van der Waals surface area contributed by atoms with Crippen LogP contribution in [0.2, 0.25) is 0 Å². The second-order valence-corrected chi connectivity index (χ2v) is 9.33. The number of esters is 1. The van der Waals surface area contributed by atoms with Crippen LogP contribution in [-0.2, 0) is 25.5 Å². The number of ether oxygens (including phenoxy) is 2. The van der Waals surface area contributed by atoms with E-state index in [2.05, 4.69) is 5.32 Å². The Labute approximate surface area is 232 Å². The zero-order chi connectivity index (χ0) is 29.0. The Morgan fingerprint density at radius 2 is 1.90 bits per heavy atom. The number of aromatic amines is 1. The molecular formula is C24H32ClFN4O10. The van der Waals surface area contributed by atoms with Crippen molar-refractivity contribution in [3.63, 3.8) is 0 Å². The van der Waals surface area contributed by atoms with Crippen molar-refractivity contribution in [2.45, 2.75) is 63.3 Å². The van der Waals surface area contributed by atoms with Crippen molar-refractivity contribution in [1.29, 1.82) is 0 Å². The third-order valence-corrected chi connectivity index (χ3v) is 6.52. The maximum atomic E-state index is 13.7. The van der Waals surface area contributed by atoms with Gasteiger partial charge in [-0.25, -0.2) is 9.59 Å². The number of carbonyl (C=O) groups excluding carboxylic acids is 2. The predicted molar refractivity (Wildman–Crippen MR) is 138 cm³/mol. The van der Waals surface area contributed by atoms with Crippen LogP contribution in [-0.4, -0.2) is 78.9 Å². The molecule has 1 aromatic carbocycles. The van der Waals surface area contributed by atoms with E-state index in [1.165, 1.54) is 18.2 Å². The predicted octanol–water partition coefficient (Wildman–Crippen LogP) is -1.23. The van der Waals surface area contributed by atoms with Gasteiger partial charge in [-0.1, -0.05) is 26.3 Å². The third-order valence-electron chi connectivity index (χ3n) is 6.52. The van der Waals surface area contributed by atoms with Crippen LogP contribution in [0.4, 0.5) is 4.39 Å². The molecule has 0 spiro atoms. The van der Waals surface area contributed by atoms with Crippen LogP contribution >= 0.6 is 12.4 Å². The van der Waals surface area contributed by atoms with E-state index in [1.54, 1.807) is 18.8 Å². The van der Waals surface area contributed by atoms with E-state index in [1.807, 2.05) is 0 Å². The number of amides is 1. The van der Waals surface area contributed by atoms with E-state index in [0.29, 0.717) is 22.7 Å². The van der Waals surface area contributed by atoms with Crippen LogP contribution in [0.5, 0.6) is 11.5 Å². The van der Waals surface area contributed by atoms with E-state index < -0.39 is 78.1 Å². The van der Waals surface area contributed by atoms with Gasteiger partial charge in [0, 0.05) is 0 Å². The standard InChI is InChI=1S/C24H31FN4O10.ClH/c1-3-10(2)17(27-21(35)13(26)6-11-4-5-14(30)15(31)7-11)23(36)38-9-16-18(32)19(33)22(39-16)29-8-12(25)20(34)28-24(29)37;/h4-5,7-8,10,13,16-19,22,30-33H,3,6,9,26H2,1-2H3,(H,27,35)(H,28,34,37);1H/t10-,13-,16-,17-,18?,19?,22-;/m0./s1. The van der Waals surface area contributed by atoms with Crippen molar-refractivity contribution < 1.29 is 43.9 Å². The number of phenols is 2. The Bertz CT molecular complexity index is 1320. The van der Waals surface area contributed by atoms with Crippen LogP contribution in [0, 0.1) is 11.7 Å². The summed E-state index contributed by atoms with van der Waals surface area (Å²) in [4.78, 5) is 50.6. The van der Waals surface area contributed by atoms with Gasteiger partial charge in [0.05, 0.1) is 12.2 Å². The first-order valence-electron chi connectivity index (χ1n) is 12.1. The van der Waals surface area contributed by atoms with Crippen LogP contribution in [0.3, 0.4) is 0 Å². The highest BCUT2D eigenvalue weighted by Gasteiger charge is 2.45. The molecule has 14 nitrogen and oxygen atoms in total. The molecule has 1 aliphatic rings. The molecule has 8 N–H and O–H groups in total. The van der Waals surface area contributed by atoms with Gasteiger partial charge in [-0.15, -0.1) is 12.4 Å². The van der Waals surface area contributed by atoms with Gasteiger partial charge in [0.1, 0.15) is 31.0 Å². The zero-order valence-electron chi connectivity index (χ0n) is 21.5. The molecule has 0 radical (unpaired) electrons. The van der Waals surface area contributed by atoms with Gasteiger partial charge in [0.15, 0.2) is 17.7 Å². The number of nitrogens with zero attached hydrogens (tertiary/aromatic N) is 1. The molecule has 1 fully saturated rings. The fourth-order valence-corrected chi connectivity index (χ4v) is 3.97. The molecule has 2 aromatic rings. The minimum Gasteiger partial charge on any atom is -0.504 e. The number of rotatable bonds is 10. The van der Waals surface area contributed by atoms with Crippen LogP contribution < -0.4 is 22.3 Å². The largest absolute Gasteiger partial charge is 0.504 e. The Morgan fingerprint density at radius 3 is 2.52 bits per heavy atom. The minimum absolute atomic E-state index is 0. The molecule has 1 aliphatic heterocycles. The Morgan fingerprint density at radius 1 is 1.23 bits per heavy atom. The van der Waals surface area contributed by atoms with Gasteiger partial charge in [0.2, 0.25) is 11.7 Å². The second kappa shape index (κ2) is 13.7. The van der Waals surface area contributed by atoms with E-state index in [0.717, 1.165) is 0 Å². The fourth-order valence-electron chi connectivity index (χ4n) is 3.97. The van der Waals surface area contributed by atoms with Crippen molar-refractivity contribution in [2.75, 3.05) is 6.61 Å². The first-order chi connectivity index (χ1) is 18.3. The Balaban J connectivity index is 0.00000560. The van der Waals surface area contributed by atoms with Crippen molar-refractivity contribution in [1.82, 2.24) is 14.9 Å². The summed E-state index contributed by atoms with van der Waals surface area (Å²) in [7, 11) is 0. The highest BCUT2D eigenvalue weighted by molar-refractivity contribution is 5.87. The average Bonchev–Trinajstić information content (AvgIpc) is 3.17. The van der Waals surface area contributed by atoms with E-state index in [4.69, 9.17) is 15.2 Å². The van der Waals surface area contributed by atoms with Crippen LogP contribution in [0.1, 0.15) is 32.1 Å². The molecule has 1 amide bonds. The first kappa shape index (κ1) is 32.7. The number of halogens is 2. The summed E-state index contributed by atoms with van der Waals surface area (Å²) in [5.41, 5.74) is 4.08. The monoisotopic (exact) mass is 590 g/mol. The molecule has 3 rings (SSSR count). The number of aliphatic hydroxyl groups is 2. The fraction of sp³-hybridized carbons (Fsp3) is 0.500. The summed E-state index contributed by atoms with van der Waals surface area (Å²) < 4.78 is 24.9. The summed E-state index contributed by atoms with van der Waals surface area (Å²) in [6, 6.07) is 1.73. The summed E-state index contributed by atoms with van der Waals surface area (Å²) in [6.45, 7) is 2.88. The molecule has 0 saturated carbocycles. The molecule has 1 saturated heterocycles. The molecule has 2 unspecified atom stereocenters. The van der Waals surface area contributed by atoms with Crippen molar-refractivity contribution >= 4 is 24.3 Å². The number of H-pyrrole nitrogens is 1. The quantitative estimate of drug-likeness (QED) is 0.128. The normalized spacial score (nSPS) is 22.6. The molecule has 16 heteroatoms. The number of hydrogen-bond acceptors (Lipinski definition) is 11. The summed E-state index contributed by atoms with van der Waals surface area (Å²) >= 11 is 0. The van der Waals surface area contributed by atoms with Gasteiger partial charge in [0.25, 0.3) is 5.56 Å². The van der Waals surface area contributed by atoms with E-state index >= 15 is 0 Å². The van der Waals surface area contributed by atoms with E-state index in [-0.39, 0.29) is 30.3 Å². The number of carbonyl (C=O) groups is 2. The molecule has 0 aliphatic carbocycles. The number of phenolic OH excluding ortho intramolecular Hbond substituents is 2. The minimum atomic E-state index is -1.72. The van der Waals surface area contributed by atoms with E-state index in [9.17, 15) is 44.0 Å². The van der Waals surface area contributed by atoms with Gasteiger partial charge in [-0.05, 0) is 30.0 Å². The number of aromatic hydroxyl groups is 2. The number of nitrogens with two attached hydrogens (primary N) is 1. The second-order valence-electron chi connectivity index (χ2n) is 9.33. The zero-order valence-corrected chi connectivity index (χ0v) is 22.3. The molecule has 222 valence electrons. The van der Waals surface area contributed by atoms with Crippen molar-refractivity contribution in [3.05, 3.63) is 56.6 Å². The molecular weight excluding hydrogens is 559 g/mol. The van der Waals surface area contributed by atoms with Crippen molar-refractivity contribution in [3.8, 4) is 11.5 Å². The van der Waals surface area contributed by atoms with Gasteiger partial charge in [-0.2, -0.15) is 4.39 Å². The number of benzene rings is 1. The maximum Gasteiger partial charge on any atom is 0.330 e. The van der Waals surface area contributed by atoms with Gasteiger partial charge >= 0.3 is 11.7 Å². The molecule has 1 aromatic heterocycles. The first-order valence-corrected chi connectivity index (χ1v) is 12.1. The lowest BCUT2D eigenvalue weighted by Crippen LogP contribution is -2.52. The summed E-state index contributed by atoms with van der Waals surface area (Å²) in [5, 5.41) is 42.2. The van der Waals surface area contributed by atoms with Crippen LogP contribution in [0.15, 0.2) is 34.0 Å².